The van der Waals surface area contributed by atoms with Crippen LogP contribution in [-0.4, -0.2) is 39.2 Å². The summed E-state index contributed by atoms with van der Waals surface area (Å²) in [6.07, 6.45) is 1.39. The predicted octanol–water partition coefficient (Wildman–Crippen LogP) is 1.47. The van der Waals surface area contributed by atoms with E-state index < -0.39 is 0 Å². The number of imidazole rings is 1. The number of aromatic amines is 2. The zero-order valence-corrected chi connectivity index (χ0v) is 14.2. The summed E-state index contributed by atoms with van der Waals surface area (Å²) in [5.41, 5.74) is 3.79. The first-order valence-corrected chi connectivity index (χ1v) is 7.90. The lowest BCUT2D eigenvalue weighted by atomic mass is 10.1. The average Bonchev–Trinajstić information content (AvgIpc) is 3.17. The summed E-state index contributed by atoms with van der Waals surface area (Å²) in [6.45, 7) is 1.98. The van der Waals surface area contributed by atoms with E-state index >= 15 is 0 Å². The molecule has 9 heteroatoms. The highest BCUT2D eigenvalue weighted by atomic mass is 35.5. The van der Waals surface area contributed by atoms with E-state index in [9.17, 15) is 9.18 Å². The molecule has 1 aliphatic rings. The quantitative estimate of drug-likeness (QED) is 0.563. The van der Waals surface area contributed by atoms with Gasteiger partial charge in [0.25, 0.3) is 5.91 Å². The number of halogens is 2. The molecule has 0 saturated heterocycles. The largest absolute Gasteiger partial charge is 0.350 e. The number of hydrogen-bond acceptors (Lipinski definition) is 4. The standard InChI is InChI=1S/C16H17FN6O.ClH/c17-9-1-2-12-13(7-9)21-14(20-12)4-6-19-16(24)15-10-8-18-5-3-11(10)22-23-15;/h1-2,7,18H,3-6,8H2,(H,19,24)(H,20,21)(H,22,23);1H. The third kappa shape index (κ3) is 3.49. The van der Waals surface area contributed by atoms with E-state index in [0.29, 0.717) is 42.1 Å². The molecule has 0 spiro atoms. The first-order chi connectivity index (χ1) is 11.7. The van der Waals surface area contributed by atoms with Crippen molar-refractivity contribution < 1.29 is 9.18 Å². The van der Waals surface area contributed by atoms with Gasteiger partial charge in [-0.2, -0.15) is 5.10 Å². The summed E-state index contributed by atoms with van der Waals surface area (Å²) in [5.74, 6) is 0.211. The predicted molar refractivity (Wildman–Crippen MR) is 93.3 cm³/mol. The first kappa shape index (κ1) is 17.4. The Morgan fingerprint density at radius 3 is 3.12 bits per heavy atom. The Morgan fingerprint density at radius 1 is 1.36 bits per heavy atom. The summed E-state index contributed by atoms with van der Waals surface area (Å²) in [4.78, 5) is 19.7. The molecule has 0 unspecified atom stereocenters. The fourth-order valence-electron chi connectivity index (χ4n) is 2.94. The Morgan fingerprint density at radius 2 is 2.24 bits per heavy atom. The van der Waals surface area contributed by atoms with Gasteiger partial charge in [0.05, 0.1) is 11.0 Å². The summed E-state index contributed by atoms with van der Waals surface area (Å²) in [6, 6.07) is 4.42. The molecule has 1 aliphatic heterocycles. The number of carbonyl (C=O) groups is 1. The maximum atomic E-state index is 13.2. The molecule has 3 aromatic rings. The summed E-state index contributed by atoms with van der Waals surface area (Å²) < 4.78 is 13.2. The molecule has 0 aliphatic carbocycles. The average molecular weight is 365 g/mol. The van der Waals surface area contributed by atoms with Gasteiger partial charge in [0.15, 0.2) is 5.69 Å². The van der Waals surface area contributed by atoms with E-state index in [0.717, 1.165) is 24.2 Å². The van der Waals surface area contributed by atoms with Crippen molar-refractivity contribution in [3.05, 3.63) is 46.8 Å². The number of carbonyl (C=O) groups excluding carboxylic acids is 1. The molecule has 1 aromatic carbocycles. The minimum absolute atomic E-state index is 0. The van der Waals surface area contributed by atoms with E-state index in [2.05, 4.69) is 30.8 Å². The molecule has 3 heterocycles. The van der Waals surface area contributed by atoms with Gasteiger partial charge in [-0.3, -0.25) is 9.89 Å². The Hall–Kier alpha value is -2.45. The molecular weight excluding hydrogens is 347 g/mol. The Labute approximate surface area is 149 Å². The highest BCUT2D eigenvalue weighted by Crippen LogP contribution is 2.15. The van der Waals surface area contributed by atoms with E-state index in [1.165, 1.54) is 12.1 Å². The van der Waals surface area contributed by atoms with Gasteiger partial charge in [-0.1, -0.05) is 0 Å². The van der Waals surface area contributed by atoms with Crippen molar-refractivity contribution in [3.63, 3.8) is 0 Å². The van der Waals surface area contributed by atoms with Crippen molar-refractivity contribution in [2.45, 2.75) is 19.4 Å². The van der Waals surface area contributed by atoms with Crippen molar-refractivity contribution in [2.75, 3.05) is 13.1 Å². The zero-order valence-electron chi connectivity index (χ0n) is 13.4. The van der Waals surface area contributed by atoms with Gasteiger partial charge in [0, 0.05) is 43.7 Å². The fraction of sp³-hybridized carbons (Fsp3) is 0.312. The van der Waals surface area contributed by atoms with Crippen LogP contribution in [-0.2, 0) is 19.4 Å². The highest BCUT2D eigenvalue weighted by Gasteiger charge is 2.21. The molecule has 1 amide bonds. The van der Waals surface area contributed by atoms with Crippen LogP contribution in [0.3, 0.4) is 0 Å². The Balaban J connectivity index is 0.00000182. The lowest BCUT2D eigenvalue weighted by molar-refractivity contribution is 0.0948. The normalized spacial score (nSPS) is 13.3. The van der Waals surface area contributed by atoms with Gasteiger partial charge in [-0.15, -0.1) is 12.4 Å². The van der Waals surface area contributed by atoms with Crippen molar-refractivity contribution in [1.29, 1.82) is 0 Å². The van der Waals surface area contributed by atoms with Crippen LogP contribution in [0, 0.1) is 5.82 Å². The van der Waals surface area contributed by atoms with Crippen LogP contribution in [0.4, 0.5) is 4.39 Å². The third-order valence-corrected chi connectivity index (χ3v) is 4.16. The van der Waals surface area contributed by atoms with Gasteiger partial charge >= 0.3 is 0 Å². The summed E-state index contributed by atoms with van der Waals surface area (Å²) >= 11 is 0. The van der Waals surface area contributed by atoms with Gasteiger partial charge in [-0.25, -0.2) is 9.37 Å². The minimum Gasteiger partial charge on any atom is -0.350 e. The molecule has 4 rings (SSSR count). The molecule has 7 nitrogen and oxygen atoms in total. The molecule has 0 saturated carbocycles. The summed E-state index contributed by atoms with van der Waals surface area (Å²) in [7, 11) is 0. The van der Waals surface area contributed by atoms with Gasteiger partial charge in [0.1, 0.15) is 11.6 Å². The zero-order chi connectivity index (χ0) is 16.5. The smallest absolute Gasteiger partial charge is 0.272 e. The monoisotopic (exact) mass is 364 g/mol. The molecule has 0 bridgehead atoms. The Bertz CT molecular complexity index is 905. The topological polar surface area (TPSA) is 98.5 Å². The maximum Gasteiger partial charge on any atom is 0.272 e. The molecule has 2 aromatic heterocycles. The number of benzene rings is 1. The number of hydrogen-bond donors (Lipinski definition) is 4. The second-order valence-electron chi connectivity index (χ2n) is 5.81. The van der Waals surface area contributed by atoms with Crippen LogP contribution in [0.1, 0.15) is 27.6 Å². The van der Waals surface area contributed by atoms with E-state index in [-0.39, 0.29) is 24.1 Å². The van der Waals surface area contributed by atoms with Crippen molar-refractivity contribution in [3.8, 4) is 0 Å². The molecular formula is C16H18ClFN6O. The maximum absolute atomic E-state index is 13.2. The van der Waals surface area contributed by atoms with E-state index in [4.69, 9.17) is 0 Å². The number of fused-ring (bicyclic) bond motifs is 2. The van der Waals surface area contributed by atoms with Crippen molar-refractivity contribution >= 4 is 29.3 Å². The SMILES string of the molecule is Cl.O=C(NCCc1nc2ccc(F)cc2[nH]1)c1n[nH]c2c1CNCC2. The number of H-pyrrole nitrogens is 2. The molecule has 0 fully saturated rings. The number of nitrogens with one attached hydrogen (secondary N) is 4. The molecule has 25 heavy (non-hydrogen) atoms. The number of amides is 1. The van der Waals surface area contributed by atoms with Crippen LogP contribution in [0.2, 0.25) is 0 Å². The van der Waals surface area contributed by atoms with Crippen LogP contribution < -0.4 is 10.6 Å². The third-order valence-electron chi connectivity index (χ3n) is 4.16. The van der Waals surface area contributed by atoms with Gasteiger partial charge < -0.3 is 15.6 Å². The Kier molecular flexibility index (Phi) is 5.00. The van der Waals surface area contributed by atoms with Crippen LogP contribution in [0.5, 0.6) is 0 Å². The first-order valence-electron chi connectivity index (χ1n) is 7.90. The lowest BCUT2D eigenvalue weighted by Crippen LogP contribution is -2.29. The molecule has 0 atom stereocenters. The second-order valence-corrected chi connectivity index (χ2v) is 5.81. The van der Waals surface area contributed by atoms with Gasteiger partial charge in [0.2, 0.25) is 0 Å². The van der Waals surface area contributed by atoms with Crippen molar-refractivity contribution in [2.24, 2.45) is 0 Å². The molecule has 4 N–H and O–H groups in total. The van der Waals surface area contributed by atoms with Crippen LogP contribution in [0.25, 0.3) is 11.0 Å². The fourth-order valence-corrected chi connectivity index (χ4v) is 2.94. The van der Waals surface area contributed by atoms with Crippen LogP contribution in [0.15, 0.2) is 18.2 Å². The number of rotatable bonds is 4. The minimum atomic E-state index is -0.303. The lowest BCUT2D eigenvalue weighted by Gasteiger charge is -2.12. The second kappa shape index (κ2) is 7.20. The van der Waals surface area contributed by atoms with Crippen molar-refractivity contribution in [1.82, 2.24) is 30.8 Å². The number of aromatic nitrogens is 4. The molecule has 0 radical (unpaired) electrons. The van der Waals surface area contributed by atoms with E-state index in [1.54, 1.807) is 6.07 Å². The highest BCUT2D eigenvalue weighted by molar-refractivity contribution is 5.94. The van der Waals surface area contributed by atoms with E-state index in [1.807, 2.05) is 0 Å². The van der Waals surface area contributed by atoms with Gasteiger partial charge in [-0.05, 0) is 18.2 Å². The molecule has 132 valence electrons. The van der Waals surface area contributed by atoms with Crippen LogP contribution >= 0.6 is 12.4 Å². The number of nitrogens with zero attached hydrogens (tertiary/aromatic N) is 2. The summed E-state index contributed by atoms with van der Waals surface area (Å²) in [5, 5.41) is 13.2.